The van der Waals surface area contributed by atoms with Gasteiger partial charge in [-0.2, -0.15) is 0 Å². The predicted molar refractivity (Wildman–Crippen MR) is 83.6 cm³/mol. The minimum atomic E-state index is -0.577. The SMILES string of the molecule is C=CCO[C@H]1C[C@H]2CC[C@@H]1N(C(=O)OC(C)(C)C)[C@@H]2C(C)=O. The Bertz CT molecular complexity index is 454. The molecule has 3 fully saturated rings. The summed E-state index contributed by atoms with van der Waals surface area (Å²) < 4.78 is 11.3. The van der Waals surface area contributed by atoms with Crippen LogP contribution in [0.2, 0.25) is 0 Å². The van der Waals surface area contributed by atoms with Crippen molar-refractivity contribution in [3.8, 4) is 0 Å². The Labute approximate surface area is 132 Å². The topological polar surface area (TPSA) is 55.8 Å². The summed E-state index contributed by atoms with van der Waals surface area (Å²) in [4.78, 5) is 26.3. The van der Waals surface area contributed by atoms with Crippen molar-refractivity contribution in [1.29, 1.82) is 0 Å². The largest absolute Gasteiger partial charge is 0.444 e. The fourth-order valence-electron chi connectivity index (χ4n) is 3.64. The Hall–Kier alpha value is -1.36. The lowest BCUT2D eigenvalue weighted by Gasteiger charge is -2.53. The van der Waals surface area contributed by atoms with Gasteiger partial charge >= 0.3 is 6.09 Å². The molecule has 0 aromatic rings. The quantitative estimate of drug-likeness (QED) is 0.749. The number of fused-ring (bicyclic) bond motifs is 3. The van der Waals surface area contributed by atoms with Crippen LogP contribution in [-0.2, 0) is 14.3 Å². The summed E-state index contributed by atoms with van der Waals surface area (Å²) in [7, 11) is 0. The van der Waals surface area contributed by atoms with Gasteiger partial charge in [0.25, 0.3) is 0 Å². The highest BCUT2D eigenvalue weighted by Gasteiger charge is 2.52. The summed E-state index contributed by atoms with van der Waals surface area (Å²) in [6, 6.07) is -0.467. The van der Waals surface area contributed by atoms with Crippen molar-refractivity contribution in [2.75, 3.05) is 6.61 Å². The van der Waals surface area contributed by atoms with Crippen LogP contribution in [-0.4, -0.2) is 47.2 Å². The molecular weight excluding hydrogens is 282 g/mol. The molecule has 1 saturated carbocycles. The smallest absolute Gasteiger partial charge is 0.411 e. The van der Waals surface area contributed by atoms with E-state index in [9.17, 15) is 9.59 Å². The predicted octanol–water partition coefficient (Wildman–Crippen LogP) is 2.93. The molecule has 3 aliphatic rings. The number of ether oxygens (including phenoxy) is 2. The number of Topliss-reactive ketones (excluding diaryl/α,β-unsaturated/α-hetero) is 1. The van der Waals surface area contributed by atoms with E-state index in [2.05, 4.69) is 6.58 Å². The molecule has 2 heterocycles. The number of carbonyl (C=O) groups is 2. The van der Waals surface area contributed by atoms with Crippen molar-refractivity contribution in [3.63, 3.8) is 0 Å². The number of nitrogens with zero attached hydrogens (tertiary/aromatic N) is 1. The molecule has 2 saturated heterocycles. The zero-order valence-electron chi connectivity index (χ0n) is 14.0. The first-order valence-corrected chi connectivity index (χ1v) is 7.99. The van der Waals surface area contributed by atoms with E-state index in [-0.39, 0.29) is 29.9 Å². The Morgan fingerprint density at radius 1 is 1.32 bits per heavy atom. The Balaban J connectivity index is 2.23. The second-order valence-electron chi connectivity index (χ2n) is 7.24. The first-order chi connectivity index (χ1) is 10.2. The van der Waals surface area contributed by atoms with Crippen LogP contribution < -0.4 is 0 Å². The zero-order chi connectivity index (χ0) is 16.5. The van der Waals surface area contributed by atoms with Crippen LogP contribution in [0.1, 0.15) is 47.0 Å². The molecule has 0 aromatic heterocycles. The minimum Gasteiger partial charge on any atom is -0.444 e. The molecule has 0 spiro atoms. The molecule has 124 valence electrons. The lowest BCUT2D eigenvalue weighted by Crippen LogP contribution is -2.65. The standard InChI is InChI=1S/C17H27NO4/c1-6-9-21-14-10-12-7-8-13(14)18(15(12)11(2)19)16(20)22-17(3,4)5/h6,12-15H,1,7-10H2,2-5H3/t12-,13+,14+,15-/m1/s1. The van der Waals surface area contributed by atoms with Crippen molar-refractivity contribution in [3.05, 3.63) is 12.7 Å². The first-order valence-electron chi connectivity index (χ1n) is 7.99. The van der Waals surface area contributed by atoms with Gasteiger partial charge in [-0.25, -0.2) is 4.79 Å². The van der Waals surface area contributed by atoms with E-state index in [1.165, 1.54) is 0 Å². The number of piperidine rings is 2. The van der Waals surface area contributed by atoms with Crippen LogP contribution in [0, 0.1) is 5.92 Å². The second kappa shape index (κ2) is 6.41. The summed E-state index contributed by atoms with van der Waals surface area (Å²) in [6.45, 7) is 11.2. The molecule has 2 bridgehead atoms. The number of carbonyl (C=O) groups excluding carboxylic acids is 2. The molecule has 0 radical (unpaired) electrons. The third kappa shape index (κ3) is 3.51. The molecule has 0 N–H and O–H groups in total. The Kier molecular flexibility index (Phi) is 4.95. The monoisotopic (exact) mass is 309 g/mol. The van der Waals surface area contributed by atoms with Gasteiger partial charge in [-0.1, -0.05) is 6.08 Å². The Morgan fingerprint density at radius 2 is 2.00 bits per heavy atom. The maximum atomic E-state index is 12.6. The lowest BCUT2D eigenvalue weighted by molar-refractivity contribution is -0.143. The molecule has 22 heavy (non-hydrogen) atoms. The summed E-state index contributed by atoms with van der Waals surface area (Å²) >= 11 is 0. The van der Waals surface area contributed by atoms with E-state index in [1.807, 2.05) is 20.8 Å². The van der Waals surface area contributed by atoms with E-state index in [4.69, 9.17) is 9.47 Å². The number of ketones is 1. The second-order valence-corrected chi connectivity index (χ2v) is 7.24. The number of hydrogen-bond donors (Lipinski definition) is 0. The van der Waals surface area contributed by atoms with Crippen molar-refractivity contribution < 1.29 is 19.1 Å². The normalized spacial score (nSPS) is 31.0. The van der Waals surface area contributed by atoms with Gasteiger partial charge in [0.05, 0.1) is 24.8 Å². The highest BCUT2D eigenvalue weighted by molar-refractivity contribution is 5.86. The van der Waals surface area contributed by atoms with Crippen molar-refractivity contribution in [2.45, 2.75) is 70.7 Å². The van der Waals surface area contributed by atoms with Crippen molar-refractivity contribution in [1.82, 2.24) is 4.90 Å². The van der Waals surface area contributed by atoms with Gasteiger partial charge in [0.1, 0.15) is 5.60 Å². The molecule has 3 rings (SSSR count). The maximum Gasteiger partial charge on any atom is 0.411 e. The fraction of sp³-hybridized carbons (Fsp3) is 0.765. The molecule has 5 heteroatoms. The summed E-state index contributed by atoms with van der Waals surface area (Å²) in [5, 5.41) is 0. The van der Waals surface area contributed by atoms with E-state index >= 15 is 0 Å². The van der Waals surface area contributed by atoms with Gasteiger partial charge in [0, 0.05) is 0 Å². The zero-order valence-corrected chi connectivity index (χ0v) is 14.0. The minimum absolute atomic E-state index is 0.0303. The van der Waals surface area contributed by atoms with Crippen LogP contribution >= 0.6 is 0 Å². The van der Waals surface area contributed by atoms with Crippen LogP contribution in [0.4, 0.5) is 4.79 Å². The van der Waals surface area contributed by atoms with E-state index in [1.54, 1.807) is 17.9 Å². The number of rotatable bonds is 4. The highest BCUT2D eigenvalue weighted by Crippen LogP contribution is 2.42. The number of hydrogen-bond acceptors (Lipinski definition) is 4. The first kappa shape index (κ1) is 17.0. The van der Waals surface area contributed by atoms with Gasteiger partial charge in [-0.05, 0) is 52.9 Å². The average molecular weight is 309 g/mol. The molecule has 1 amide bonds. The molecule has 5 nitrogen and oxygen atoms in total. The highest BCUT2D eigenvalue weighted by atomic mass is 16.6. The van der Waals surface area contributed by atoms with Gasteiger partial charge in [0.2, 0.25) is 0 Å². The molecule has 0 aromatic carbocycles. The van der Waals surface area contributed by atoms with Crippen LogP contribution in [0.25, 0.3) is 0 Å². The van der Waals surface area contributed by atoms with Gasteiger partial charge in [-0.15, -0.1) is 6.58 Å². The molecule has 2 aliphatic heterocycles. The van der Waals surface area contributed by atoms with Crippen molar-refractivity contribution in [2.24, 2.45) is 5.92 Å². The number of amides is 1. The third-order valence-electron chi connectivity index (χ3n) is 4.35. The Morgan fingerprint density at radius 3 is 2.55 bits per heavy atom. The van der Waals surface area contributed by atoms with Gasteiger partial charge in [0.15, 0.2) is 5.78 Å². The summed E-state index contributed by atoms with van der Waals surface area (Å²) in [5.41, 5.74) is -0.577. The van der Waals surface area contributed by atoms with Gasteiger partial charge in [-0.3, -0.25) is 9.69 Å². The third-order valence-corrected chi connectivity index (χ3v) is 4.35. The maximum absolute atomic E-state index is 12.6. The molecule has 4 atom stereocenters. The van der Waals surface area contributed by atoms with E-state index in [0.29, 0.717) is 6.61 Å². The molecular formula is C17H27NO4. The van der Waals surface area contributed by atoms with Crippen LogP contribution in [0.15, 0.2) is 12.7 Å². The van der Waals surface area contributed by atoms with E-state index in [0.717, 1.165) is 19.3 Å². The van der Waals surface area contributed by atoms with E-state index < -0.39 is 11.7 Å². The summed E-state index contributed by atoms with van der Waals surface area (Å²) in [5.74, 6) is 0.188. The molecule has 0 unspecified atom stereocenters. The lowest BCUT2D eigenvalue weighted by atomic mass is 9.72. The summed E-state index contributed by atoms with van der Waals surface area (Å²) in [6.07, 6.45) is 3.90. The molecule has 1 aliphatic carbocycles. The van der Waals surface area contributed by atoms with Crippen LogP contribution in [0.5, 0.6) is 0 Å². The van der Waals surface area contributed by atoms with Gasteiger partial charge < -0.3 is 9.47 Å². The fourth-order valence-corrected chi connectivity index (χ4v) is 3.64. The van der Waals surface area contributed by atoms with Crippen LogP contribution in [0.3, 0.4) is 0 Å². The average Bonchev–Trinajstić information content (AvgIpc) is 2.42. The van der Waals surface area contributed by atoms with Crippen molar-refractivity contribution >= 4 is 11.9 Å².